The molecule has 1 aliphatic heterocycles. The SMILES string of the molecule is CCCn1nc(C)c(-c2cc(C(=O)N3CC[C@@](O)(c4ccc(C)cc4)C3)[nH]n2)c1C. The second kappa shape index (κ2) is 7.72. The Morgan fingerprint density at radius 3 is 2.67 bits per heavy atom. The minimum absolute atomic E-state index is 0.145. The van der Waals surface area contributed by atoms with Gasteiger partial charge in [-0.3, -0.25) is 14.6 Å². The molecule has 3 heterocycles. The van der Waals surface area contributed by atoms with Gasteiger partial charge in [0, 0.05) is 24.3 Å². The van der Waals surface area contributed by atoms with Crippen LogP contribution in [0.1, 0.15) is 52.8 Å². The summed E-state index contributed by atoms with van der Waals surface area (Å²) in [5.41, 5.74) is 5.06. The molecule has 0 radical (unpaired) electrons. The zero-order valence-electron chi connectivity index (χ0n) is 18.1. The third-order valence-corrected chi connectivity index (χ3v) is 6.01. The van der Waals surface area contributed by atoms with E-state index in [0.29, 0.717) is 18.7 Å². The number of H-pyrrole nitrogens is 1. The first-order chi connectivity index (χ1) is 14.3. The van der Waals surface area contributed by atoms with Crippen molar-refractivity contribution in [2.75, 3.05) is 13.1 Å². The topological polar surface area (TPSA) is 87.0 Å². The van der Waals surface area contributed by atoms with Gasteiger partial charge in [-0.15, -0.1) is 0 Å². The Morgan fingerprint density at radius 2 is 1.97 bits per heavy atom. The van der Waals surface area contributed by atoms with E-state index in [1.54, 1.807) is 11.0 Å². The second-order valence-corrected chi connectivity index (χ2v) is 8.31. The van der Waals surface area contributed by atoms with E-state index in [2.05, 4.69) is 22.2 Å². The van der Waals surface area contributed by atoms with Gasteiger partial charge in [0.2, 0.25) is 0 Å². The van der Waals surface area contributed by atoms with Gasteiger partial charge in [0.1, 0.15) is 11.3 Å². The summed E-state index contributed by atoms with van der Waals surface area (Å²) in [6, 6.07) is 9.65. The second-order valence-electron chi connectivity index (χ2n) is 8.31. The van der Waals surface area contributed by atoms with E-state index in [1.807, 2.05) is 49.7 Å². The highest BCUT2D eigenvalue weighted by molar-refractivity contribution is 5.93. The number of benzene rings is 1. The molecule has 0 bridgehead atoms. The van der Waals surface area contributed by atoms with E-state index in [-0.39, 0.29) is 12.5 Å². The zero-order valence-corrected chi connectivity index (χ0v) is 18.1. The van der Waals surface area contributed by atoms with Crippen molar-refractivity contribution in [1.82, 2.24) is 24.9 Å². The molecule has 4 rings (SSSR count). The molecule has 1 aliphatic rings. The Kier molecular flexibility index (Phi) is 5.24. The van der Waals surface area contributed by atoms with Crippen molar-refractivity contribution in [1.29, 1.82) is 0 Å². The number of hydrogen-bond acceptors (Lipinski definition) is 4. The molecule has 1 aromatic carbocycles. The van der Waals surface area contributed by atoms with Crippen molar-refractivity contribution in [2.24, 2.45) is 0 Å². The molecule has 3 aromatic rings. The first kappa shape index (κ1) is 20.3. The Hall–Kier alpha value is -2.93. The van der Waals surface area contributed by atoms with Crippen LogP contribution in [0.25, 0.3) is 11.3 Å². The van der Waals surface area contributed by atoms with Crippen LogP contribution in [-0.2, 0) is 12.1 Å². The van der Waals surface area contributed by atoms with E-state index in [0.717, 1.165) is 46.7 Å². The minimum Gasteiger partial charge on any atom is -0.383 e. The number of aromatic amines is 1. The number of hydrogen-bond donors (Lipinski definition) is 2. The van der Waals surface area contributed by atoms with Crippen LogP contribution in [0, 0.1) is 20.8 Å². The molecule has 1 amide bonds. The number of carbonyl (C=O) groups is 1. The predicted octanol–water partition coefficient (Wildman–Crippen LogP) is 3.34. The molecule has 1 atom stereocenters. The summed E-state index contributed by atoms with van der Waals surface area (Å²) in [4.78, 5) is 14.8. The first-order valence-electron chi connectivity index (χ1n) is 10.5. The van der Waals surface area contributed by atoms with Crippen LogP contribution in [0.15, 0.2) is 30.3 Å². The Bertz CT molecular complexity index is 1070. The van der Waals surface area contributed by atoms with Crippen LogP contribution >= 0.6 is 0 Å². The highest BCUT2D eigenvalue weighted by Gasteiger charge is 2.40. The number of nitrogens with zero attached hydrogens (tertiary/aromatic N) is 4. The van der Waals surface area contributed by atoms with Gasteiger partial charge < -0.3 is 10.0 Å². The van der Waals surface area contributed by atoms with E-state index in [4.69, 9.17) is 0 Å². The van der Waals surface area contributed by atoms with Crippen molar-refractivity contribution in [2.45, 2.75) is 52.7 Å². The Morgan fingerprint density at radius 1 is 1.23 bits per heavy atom. The molecule has 0 saturated carbocycles. The standard InChI is InChI=1S/C23H29N5O2/c1-5-11-28-17(4)21(16(3)26-28)19-13-20(25-24-19)22(29)27-12-10-23(30,14-27)18-8-6-15(2)7-9-18/h6-9,13,30H,5,10-12,14H2,1-4H3,(H,24,25)/t23-/m0/s1. The van der Waals surface area contributed by atoms with Crippen LogP contribution in [0.2, 0.25) is 0 Å². The molecule has 30 heavy (non-hydrogen) atoms. The number of aryl methyl sites for hydroxylation is 3. The number of aliphatic hydroxyl groups is 1. The van der Waals surface area contributed by atoms with Gasteiger partial charge in [-0.05, 0) is 45.2 Å². The number of amides is 1. The average molecular weight is 408 g/mol. The van der Waals surface area contributed by atoms with E-state index in [9.17, 15) is 9.90 Å². The average Bonchev–Trinajstić information content (AvgIpc) is 3.41. The first-order valence-corrected chi connectivity index (χ1v) is 10.5. The van der Waals surface area contributed by atoms with Gasteiger partial charge in [0.15, 0.2) is 0 Å². The molecule has 7 nitrogen and oxygen atoms in total. The minimum atomic E-state index is -1.01. The number of likely N-dealkylation sites (tertiary alicyclic amines) is 1. The molecule has 2 aromatic heterocycles. The van der Waals surface area contributed by atoms with Crippen LogP contribution < -0.4 is 0 Å². The number of nitrogens with one attached hydrogen (secondary N) is 1. The lowest BCUT2D eigenvalue weighted by Crippen LogP contribution is -2.34. The van der Waals surface area contributed by atoms with Crippen molar-refractivity contribution < 1.29 is 9.90 Å². The Balaban J connectivity index is 1.53. The van der Waals surface area contributed by atoms with Gasteiger partial charge >= 0.3 is 0 Å². The molecule has 0 aliphatic carbocycles. The summed E-state index contributed by atoms with van der Waals surface area (Å²) in [5, 5.41) is 23.0. The van der Waals surface area contributed by atoms with Crippen molar-refractivity contribution in [3.63, 3.8) is 0 Å². The fourth-order valence-corrected chi connectivity index (χ4v) is 4.29. The maximum absolute atomic E-state index is 13.1. The van der Waals surface area contributed by atoms with Crippen LogP contribution in [0.4, 0.5) is 0 Å². The van der Waals surface area contributed by atoms with Gasteiger partial charge in [-0.2, -0.15) is 10.2 Å². The Labute approximate surface area is 176 Å². The summed E-state index contributed by atoms with van der Waals surface area (Å²) in [5.74, 6) is -0.145. The maximum atomic E-state index is 13.1. The third-order valence-electron chi connectivity index (χ3n) is 6.01. The lowest BCUT2D eigenvalue weighted by Gasteiger charge is -2.24. The summed E-state index contributed by atoms with van der Waals surface area (Å²) >= 11 is 0. The number of rotatable bonds is 5. The van der Waals surface area contributed by atoms with Crippen molar-refractivity contribution >= 4 is 5.91 Å². The number of carbonyl (C=O) groups excluding carboxylic acids is 1. The fraction of sp³-hybridized carbons (Fsp3) is 0.435. The summed E-state index contributed by atoms with van der Waals surface area (Å²) < 4.78 is 1.99. The van der Waals surface area contributed by atoms with E-state index >= 15 is 0 Å². The van der Waals surface area contributed by atoms with Crippen molar-refractivity contribution in [3.8, 4) is 11.3 Å². The van der Waals surface area contributed by atoms with Crippen LogP contribution in [-0.4, -0.2) is 49.0 Å². The monoisotopic (exact) mass is 407 g/mol. The van der Waals surface area contributed by atoms with Crippen LogP contribution in [0.3, 0.4) is 0 Å². The molecular formula is C23H29N5O2. The zero-order chi connectivity index (χ0) is 21.5. The smallest absolute Gasteiger partial charge is 0.271 e. The van der Waals surface area contributed by atoms with Gasteiger partial charge in [0.25, 0.3) is 5.91 Å². The molecule has 7 heteroatoms. The molecule has 158 valence electrons. The largest absolute Gasteiger partial charge is 0.383 e. The lowest BCUT2D eigenvalue weighted by molar-refractivity contribution is 0.0415. The number of aromatic nitrogens is 4. The van der Waals surface area contributed by atoms with Crippen LogP contribution in [0.5, 0.6) is 0 Å². The normalized spacial score (nSPS) is 18.9. The highest BCUT2D eigenvalue weighted by Crippen LogP contribution is 2.33. The predicted molar refractivity (Wildman–Crippen MR) is 115 cm³/mol. The third kappa shape index (κ3) is 3.54. The quantitative estimate of drug-likeness (QED) is 0.679. The van der Waals surface area contributed by atoms with Gasteiger partial charge in [-0.1, -0.05) is 36.8 Å². The van der Waals surface area contributed by atoms with E-state index in [1.165, 1.54) is 0 Å². The van der Waals surface area contributed by atoms with E-state index < -0.39 is 5.60 Å². The number of β-amino-alcohol motifs (C(OH)–C–C–N with tert-alkyl or cyclic N) is 1. The molecular weight excluding hydrogens is 378 g/mol. The summed E-state index contributed by atoms with van der Waals surface area (Å²) in [6.45, 7) is 9.77. The molecule has 0 unspecified atom stereocenters. The lowest BCUT2D eigenvalue weighted by atomic mass is 9.92. The summed E-state index contributed by atoms with van der Waals surface area (Å²) in [7, 11) is 0. The summed E-state index contributed by atoms with van der Waals surface area (Å²) in [6.07, 6.45) is 1.52. The highest BCUT2D eigenvalue weighted by atomic mass is 16.3. The maximum Gasteiger partial charge on any atom is 0.271 e. The van der Waals surface area contributed by atoms with Gasteiger partial charge in [0.05, 0.1) is 17.9 Å². The molecule has 1 fully saturated rings. The fourth-order valence-electron chi connectivity index (χ4n) is 4.29. The molecule has 1 saturated heterocycles. The van der Waals surface area contributed by atoms with Gasteiger partial charge in [-0.25, -0.2) is 0 Å². The molecule has 0 spiro atoms. The van der Waals surface area contributed by atoms with Crippen molar-refractivity contribution in [3.05, 3.63) is 58.5 Å². The molecule has 2 N–H and O–H groups in total.